The van der Waals surface area contributed by atoms with Gasteiger partial charge < -0.3 is 16.0 Å². The van der Waals surface area contributed by atoms with Gasteiger partial charge >= 0.3 is 0 Å². The lowest BCUT2D eigenvalue weighted by Gasteiger charge is -2.32. The lowest BCUT2D eigenvalue weighted by Crippen LogP contribution is -2.51. The summed E-state index contributed by atoms with van der Waals surface area (Å²) in [6, 6.07) is 10.0. The summed E-state index contributed by atoms with van der Waals surface area (Å²) in [5, 5.41) is 8.39. The normalized spacial score (nSPS) is 17.5. The maximum Gasteiger partial charge on any atom is 0.271 e. The van der Waals surface area contributed by atoms with Gasteiger partial charge in [-0.15, -0.1) is 0 Å². The number of piperidine rings is 1. The van der Waals surface area contributed by atoms with E-state index in [0.29, 0.717) is 25.1 Å². The maximum absolute atomic E-state index is 13.2. The van der Waals surface area contributed by atoms with Crippen LogP contribution in [0.15, 0.2) is 76.8 Å². The van der Waals surface area contributed by atoms with Crippen LogP contribution in [-0.4, -0.2) is 61.8 Å². The number of rotatable bonds is 8. The Hall–Kier alpha value is -3.51. The number of anilines is 1. The van der Waals surface area contributed by atoms with E-state index in [1.807, 2.05) is 0 Å². The second kappa shape index (κ2) is 12.1. The molecule has 3 amide bonds. The third-order valence-corrected chi connectivity index (χ3v) is 8.63. The molecule has 0 spiro atoms. The monoisotopic (exact) mass is 589 g/mol. The summed E-state index contributed by atoms with van der Waals surface area (Å²) in [7, 11) is -3.84. The minimum atomic E-state index is -3.84. The van der Waals surface area contributed by atoms with Crippen molar-refractivity contribution in [2.24, 2.45) is 4.99 Å². The van der Waals surface area contributed by atoms with Gasteiger partial charge in [-0.2, -0.15) is 4.31 Å². The van der Waals surface area contributed by atoms with Crippen molar-refractivity contribution in [1.82, 2.24) is 14.9 Å². The smallest absolute Gasteiger partial charge is 0.271 e. The molecule has 204 valence electrons. The molecule has 2 aromatic rings. The van der Waals surface area contributed by atoms with E-state index in [2.05, 4.69) is 27.5 Å². The summed E-state index contributed by atoms with van der Waals surface area (Å²) in [6.45, 7) is 3.94. The second-order valence-electron chi connectivity index (χ2n) is 8.75. The Morgan fingerprint density at radius 1 is 1.03 bits per heavy atom. The van der Waals surface area contributed by atoms with Gasteiger partial charge in [0.1, 0.15) is 5.71 Å². The first kappa shape index (κ1) is 28.5. The first-order valence-electron chi connectivity index (χ1n) is 11.9. The zero-order chi connectivity index (χ0) is 28.2. The Balaban J connectivity index is 1.39. The van der Waals surface area contributed by atoms with Crippen molar-refractivity contribution in [1.29, 1.82) is 0 Å². The molecule has 13 heteroatoms. The van der Waals surface area contributed by atoms with Crippen LogP contribution in [0.5, 0.6) is 0 Å². The van der Waals surface area contributed by atoms with Crippen LogP contribution >= 0.6 is 23.2 Å². The number of sulfonamides is 1. The van der Waals surface area contributed by atoms with E-state index in [-0.39, 0.29) is 45.0 Å². The third-order valence-electron chi connectivity index (χ3n) is 6.12. The van der Waals surface area contributed by atoms with Gasteiger partial charge in [0.2, 0.25) is 15.9 Å². The minimum absolute atomic E-state index is 0.0312. The quantitative estimate of drug-likeness (QED) is 0.406. The molecule has 0 aromatic heterocycles. The Bertz CT molecular complexity index is 1470. The number of hydrogen-bond acceptors (Lipinski definition) is 6. The van der Waals surface area contributed by atoms with Crippen molar-refractivity contribution in [3.05, 3.63) is 82.5 Å². The molecule has 0 unspecified atom stereocenters. The molecule has 0 saturated carbocycles. The van der Waals surface area contributed by atoms with Crippen LogP contribution in [-0.2, 0) is 19.6 Å². The molecule has 2 heterocycles. The van der Waals surface area contributed by atoms with E-state index in [0.717, 1.165) is 6.08 Å². The second-order valence-corrected chi connectivity index (χ2v) is 11.5. The average Bonchev–Trinajstić information content (AvgIpc) is 3.37. The van der Waals surface area contributed by atoms with Gasteiger partial charge in [0.05, 0.1) is 32.7 Å². The van der Waals surface area contributed by atoms with Crippen LogP contribution in [0.2, 0.25) is 10.0 Å². The van der Waals surface area contributed by atoms with Gasteiger partial charge in [0, 0.05) is 24.8 Å². The molecule has 39 heavy (non-hydrogen) atoms. The van der Waals surface area contributed by atoms with E-state index in [4.69, 9.17) is 23.2 Å². The Kier molecular flexibility index (Phi) is 8.86. The van der Waals surface area contributed by atoms with Crippen LogP contribution in [0.4, 0.5) is 5.69 Å². The molecule has 4 rings (SSSR count). The number of benzene rings is 2. The molecule has 2 aliphatic rings. The summed E-state index contributed by atoms with van der Waals surface area (Å²) >= 11 is 12.2. The minimum Gasteiger partial charge on any atom is -0.347 e. The summed E-state index contributed by atoms with van der Waals surface area (Å²) < 4.78 is 27.8. The number of aliphatic imine (C=N–C) groups is 1. The van der Waals surface area contributed by atoms with Crippen molar-refractivity contribution in [2.75, 3.05) is 25.0 Å². The Morgan fingerprint density at radius 3 is 2.38 bits per heavy atom. The number of carbonyl (C=O) groups is 3. The van der Waals surface area contributed by atoms with Crippen LogP contribution in [0, 0.1) is 0 Å². The van der Waals surface area contributed by atoms with E-state index in [1.165, 1.54) is 40.7 Å². The van der Waals surface area contributed by atoms with Crippen molar-refractivity contribution in [2.45, 2.75) is 23.8 Å². The fourth-order valence-corrected chi connectivity index (χ4v) is 6.29. The SMILES string of the molecule is C=CC(=O)Nc1ccc(S(=O)(=O)N2CCC[C@@H](NC(=O)C3=NCC=C3NC(=O)c3c(Cl)cccc3Cl)C2)cc1. The lowest BCUT2D eigenvalue weighted by atomic mass is 10.1. The Labute approximate surface area is 235 Å². The summed E-state index contributed by atoms with van der Waals surface area (Å²) in [5.41, 5.74) is 0.770. The maximum atomic E-state index is 13.2. The first-order valence-corrected chi connectivity index (χ1v) is 14.1. The van der Waals surface area contributed by atoms with Crippen LogP contribution in [0.3, 0.4) is 0 Å². The highest BCUT2D eigenvalue weighted by Crippen LogP contribution is 2.25. The molecule has 0 bridgehead atoms. The molecule has 0 radical (unpaired) electrons. The van der Waals surface area contributed by atoms with Crippen molar-refractivity contribution < 1.29 is 22.8 Å². The highest BCUT2D eigenvalue weighted by atomic mass is 35.5. The molecular weight excluding hydrogens is 565 g/mol. The van der Waals surface area contributed by atoms with Gasteiger partial charge in [-0.3, -0.25) is 19.4 Å². The van der Waals surface area contributed by atoms with E-state index < -0.39 is 33.8 Å². The zero-order valence-electron chi connectivity index (χ0n) is 20.6. The number of nitrogens with one attached hydrogen (secondary N) is 3. The average molecular weight is 590 g/mol. The zero-order valence-corrected chi connectivity index (χ0v) is 22.9. The van der Waals surface area contributed by atoms with Crippen LogP contribution in [0.25, 0.3) is 0 Å². The molecule has 10 nitrogen and oxygen atoms in total. The van der Waals surface area contributed by atoms with Crippen molar-refractivity contribution in [3.63, 3.8) is 0 Å². The number of carbonyl (C=O) groups excluding carboxylic acids is 3. The van der Waals surface area contributed by atoms with Gasteiger partial charge in [0.15, 0.2) is 0 Å². The molecule has 1 atom stereocenters. The van der Waals surface area contributed by atoms with E-state index >= 15 is 0 Å². The van der Waals surface area contributed by atoms with Crippen molar-refractivity contribution >= 4 is 62.3 Å². The Morgan fingerprint density at radius 2 is 1.72 bits per heavy atom. The van der Waals surface area contributed by atoms with Gasteiger partial charge in [0.25, 0.3) is 11.8 Å². The van der Waals surface area contributed by atoms with Gasteiger partial charge in [-0.05, 0) is 61.4 Å². The number of halogens is 2. The highest BCUT2D eigenvalue weighted by molar-refractivity contribution is 7.89. The first-order chi connectivity index (χ1) is 18.6. The summed E-state index contributed by atoms with van der Waals surface area (Å²) in [5.74, 6) is -1.52. The largest absolute Gasteiger partial charge is 0.347 e. The molecular formula is C26H25Cl2N5O5S. The number of amides is 3. The fourth-order valence-electron chi connectivity index (χ4n) is 4.20. The van der Waals surface area contributed by atoms with E-state index in [1.54, 1.807) is 12.1 Å². The van der Waals surface area contributed by atoms with Crippen LogP contribution in [0.1, 0.15) is 23.2 Å². The van der Waals surface area contributed by atoms with Gasteiger partial charge in [-0.1, -0.05) is 35.8 Å². The molecule has 2 aliphatic heterocycles. The third kappa shape index (κ3) is 6.56. The number of nitrogens with zero attached hydrogens (tertiary/aromatic N) is 2. The molecule has 0 aliphatic carbocycles. The fraction of sp³-hybridized carbons (Fsp3) is 0.231. The standard InChI is InChI=1S/C26H25Cl2N5O5S/c1-2-22(34)30-16-8-10-18(11-9-16)39(37,38)33-14-4-5-17(15-33)31-26(36)24-21(12-13-29-24)32-25(35)23-19(27)6-3-7-20(23)28/h2-3,6-12,17H,1,4-5,13-15H2,(H,30,34)(H,31,36)(H,32,35)/t17-/m1/s1. The molecule has 3 N–H and O–H groups in total. The predicted octanol–water partition coefficient (Wildman–Crippen LogP) is 3.16. The highest BCUT2D eigenvalue weighted by Gasteiger charge is 2.32. The lowest BCUT2D eigenvalue weighted by molar-refractivity contribution is -0.115. The predicted molar refractivity (Wildman–Crippen MR) is 150 cm³/mol. The van der Waals surface area contributed by atoms with Crippen LogP contribution < -0.4 is 16.0 Å². The molecule has 1 saturated heterocycles. The summed E-state index contributed by atoms with van der Waals surface area (Å²) in [4.78, 5) is 41.5. The van der Waals surface area contributed by atoms with E-state index in [9.17, 15) is 22.8 Å². The molecule has 2 aromatic carbocycles. The summed E-state index contributed by atoms with van der Waals surface area (Å²) in [6.07, 6.45) is 3.81. The number of hydrogen-bond donors (Lipinski definition) is 3. The molecule has 1 fully saturated rings. The topological polar surface area (TPSA) is 137 Å². The van der Waals surface area contributed by atoms with Crippen molar-refractivity contribution in [3.8, 4) is 0 Å². The van der Waals surface area contributed by atoms with Gasteiger partial charge in [-0.25, -0.2) is 8.42 Å².